The van der Waals surface area contributed by atoms with E-state index in [4.69, 9.17) is 0 Å². The molecule has 4 aromatic heterocycles. The van der Waals surface area contributed by atoms with Crippen molar-refractivity contribution in [2.75, 3.05) is 48.2 Å². The second kappa shape index (κ2) is 9.79. The van der Waals surface area contributed by atoms with E-state index < -0.39 is 0 Å². The average Bonchev–Trinajstić information content (AvgIpc) is 3.55. The van der Waals surface area contributed by atoms with Crippen molar-refractivity contribution in [1.29, 1.82) is 0 Å². The summed E-state index contributed by atoms with van der Waals surface area (Å²) in [6.07, 6.45) is 0. The second-order valence-corrected chi connectivity index (χ2v) is 10.8. The Hall–Kier alpha value is -3.12. The third-order valence-electron chi connectivity index (χ3n) is 5.14. The first-order valence-electron chi connectivity index (χ1n) is 10.6. The highest BCUT2D eigenvalue weighted by Gasteiger charge is 2.15. The zero-order valence-electron chi connectivity index (χ0n) is 19.8. The van der Waals surface area contributed by atoms with Crippen molar-refractivity contribution >= 4 is 46.5 Å². The SMILES string of the molecule is Cc1ccc(CN(C)c2nnc(NCc3ccc(CN(C)c4nc(N(C)C)n[nH]4)s3)n2C)s1. The predicted molar refractivity (Wildman–Crippen MR) is 137 cm³/mol. The Morgan fingerprint density at radius 2 is 1.64 bits per heavy atom. The predicted octanol–water partition coefficient (Wildman–Crippen LogP) is 3.32. The van der Waals surface area contributed by atoms with E-state index in [0.717, 1.165) is 30.9 Å². The molecule has 0 bridgehead atoms. The van der Waals surface area contributed by atoms with Crippen molar-refractivity contribution in [3.8, 4) is 0 Å². The molecule has 0 aromatic carbocycles. The van der Waals surface area contributed by atoms with Crippen LogP contribution in [0.25, 0.3) is 0 Å². The Labute approximate surface area is 201 Å². The largest absolute Gasteiger partial charge is 0.349 e. The van der Waals surface area contributed by atoms with E-state index in [9.17, 15) is 0 Å². The number of nitrogens with zero attached hydrogens (tertiary/aromatic N) is 8. The maximum atomic E-state index is 4.50. The summed E-state index contributed by atoms with van der Waals surface area (Å²) in [6, 6.07) is 8.62. The highest BCUT2D eigenvalue weighted by Crippen LogP contribution is 2.23. The number of aromatic nitrogens is 6. The minimum absolute atomic E-state index is 0.673. The van der Waals surface area contributed by atoms with Crippen LogP contribution < -0.4 is 20.0 Å². The Morgan fingerprint density at radius 3 is 2.33 bits per heavy atom. The first kappa shape index (κ1) is 23.1. The van der Waals surface area contributed by atoms with E-state index >= 15 is 0 Å². The van der Waals surface area contributed by atoms with Gasteiger partial charge in [-0.1, -0.05) is 0 Å². The van der Waals surface area contributed by atoms with E-state index in [-0.39, 0.29) is 0 Å². The molecule has 0 atom stereocenters. The van der Waals surface area contributed by atoms with Gasteiger partial charge in [-0.05, 0) is 31.2 Å². The minimum atomic E-state index is 0.673. The number of thiophene rings is 2. The van der Waals surface area contributed by atoms with Gasteiger partial charge >= 0.3 is 0 Å². The van der Waals surface area contributed by atoms with Crippen LogP contribution in [0.1, 0.15) is 19.5 Å². The lowest BCUT2D eigenvalue weighted by molar-refractivity contribution is 0.811. The van der Waals surface area contributed by atoms with Crippen LogP contribution in [0.3, 0.4) is 0 Å². The molecule has 0 saturated carbocycles. The monoisotopic (exact) mass is 486 g/mol. The molecule has 0 radical (unpaired) electrons. The topological polar surface area (TPSA) is 94.0 Å². The zero-order valence-corrected chi connectivity index (χ0v) is 21.5. The van der Waals surface area contributed by atoms with Crippen LogP contribution in [0.5, 0.6) is 0 Å². The van der Waals surface area contributed by atoms with Crippen molar-refractivity contribution < 1.29 is 0 Å². The van der Waals surface area contributed by atoms with E-state index in [1.165, 1.54) is 19.5 Å². The molecule has 2 N–H and O–H groups in total. The number of H-pyrrole nitrogens is 1. The van der Waals surface area contributed by atoms with Gasteiger partial charge in [0.1, 0.15) is 0 Å². The summed E-state index contributed by atoms with van der Waals surface area (Å²) in [7, 11) is 9.89. The Morgan fingerprint density at radius 1 is 0.939 bits per heavy atom. The zero-order chi connectivity index (χ0) is 23.5. The highest BCUT2D eigenvalue weighted by atomic mass is 32.1. The fraction of sp³-hybridized carbons (Fsp3) is 0.429. The van der Waals surface area contributed by atoms with Gasteiger partial charge in [-0.25, -0.2) is 5.10 Å². The van der Waals surface area contributed by atoms with Gasteiger partial charge in [0, 0.05) is 54.7 Å². The fourth-order valence-electron chi connectivity index (χ4n) is 3.37. The summed E-state index contributed by atoms with van der Waals surface area (Å²) >= 11 is 3.58. The Kier molecular flexibility index (Phi) is 6.84. The number of hydrogen-bond donors (Lipinski definition) is 2. The number of aromatic amines is 1. The van der Waals surface area contributed by atoms with Crippen molar-refractivity contribution in [3.05, 3.63) is 43.8 Å². The van der Waals surface area contributed by atoms with Crippen LogP contribution in [-0.4, -0.2) is 58.1 Å². The molecule has 12 heteroatoms. The van der Waals surface area contributed by atoms with Crippen LogP contribution in [0.2, 0.25) is 0 Å². The van der Waals surface area contributed by atoms with Crippen LogP contribution in [0.4, 0.5) is 23.8 Å². The minimum Gasteiger partial charge on any atom is -0.349 e. The van der Waals surface area contributed by atoms with Gasteiger partial charge in [0.25, 0.3) is 0 Å². The summed E-state index contributed by atoms with van der Waals surface area (Å²) in [5, 5.41) is 19.3. The van der Waals surface area contributed by atoms with Crippen molar-refractivity contribution in [3.63, 3.8) is 0 Å². The number of anilines is 4. The molecule has 0 spiro atoms. The molecule has 0 saturated heterocycles. The number of nitrogens with one attached hydrogen (secondary N) is 2. The van der Waals surface area contributed by atoms with Gasteiger partial charge in [0.2, 0.25) is 23.8 Å². The molecule has 0 unspecified atom stereocenters. The number of rotatable bonds is 10. The third kappa shape index (κ3) is 5.45. The average molecular weight is 487 g/mol. The fourth-order valence-corrected chi connectivity index (χ4v) is 5.33. The molecule has 33 heavy (non-hydrogen) atoms. The summed E-state index contributed by atoms with van der Waals surface area (Å²) < 4.78 is 2.00. The second-order valence-electron chi connectivity index (χ2n) is 8.18. The number of aryl methyl sites for hydroxylation is 1. The van der Waals surface area contributed by atoms with Gasteiger partial charge in [-0.3, -0.25) is 4.57 Å². The van der Waals surface area contributed by atoms with E-state index in [0.29, 0.717) is 12.5 Å². The van der Waals surface area contributed by atoms with Crippen molar-refractivity contribution in [1.82, 2.24) is 29.9 Å². The lowest BCUT2D eigenvalue weighted by atomic mass is 10.4. The summed E-state index contributed by atoms with van der Waals surface area (Å²) in [6.45, 7) is 4.39. The lowest BCUT2D eigenvalue weighted by Gasteiger charge is -2.17. The first-order valence-corrected chi connectivity index (χ1v) is 12.2. The molecule has 0 aliphatic carbocycles. The van der Waals surface area contributed by atoms with Gasteiger partial charge in [-0.15, -0.1) is 38.0 Å². The van der Waals surface area contributed by atoms with Crippen LogP contribution in [-0.2, 0) is 26.7 Å². The summed E-state index contributed by atoms with van der Waals surface area (Å²) in [5.41, 5.74) is 0. The standard InChI is InChI=1S/C21H30N10S2/c1-14-7-8-16(32-14)13-30(5)21-27-24-18(31(21)6)22-11-15-9-10-17(33-15)12-29(4)20-23-19(25-26-20)28(2)3/h7-10H,11-13H2,1-6H3,(H,22,24)(H,23,25,26). The molecule has 10 nitrogen and oxygen atoms in total. The van der Waals surface area contributed by atoms with Crippen LogP contribution >= 0.6 is 22.7 Å². The Balaban J connectivity index is 1.32. The first-order chi connectivity index (χ1) is 15.8. The van der Waals surface area contributed by atoms with Gasteiger partial charge in [0.15, 0.2) is 0 Å². The van der Waals surface area contributed by atoms with E-state index in [2.05, 4.69) is 71.7 Å². The molecule has 0 amide bonds. The van der Waals surface area contributed by atoms with Crippen molar-refractivity contribution in [2.45, 2.75) is 26.6 Å². The normalized spacial score (nSPS) is 11.1. The third-order valence-corrected chi connectivity index (χ3v) is 7.19. The summed E-state index contributed by atoms with van der Waals surface area (Å²) in [5.74, 6) is 3.01. The molecule has 4 aromatic rings. The van der Waals surface area contributed by atoms with Crippen LogP contribution in [0.15, 0.2) is 24.3 Å². The molecule has 0 aliphatic rings. The quantitative estimate of drug-likeness (QED) is 0.353. The molecule has 0 aliphatic heterocycles. The smallest absolute Gasteiger partial charge is 0.245 e. The van der Waals surface area contributed by atoms with Gasteiger partial charge in [-0.2, -0.15) is 4.98 Å². The maximum Gasteiger partial charge on any atom is 0.245 e. The van der Waals surface area contributed by atoms with Gasteiger partial charge in [0.05, 0.1) is 19.6 Å². The molecule has 176 valence electrons. The summed E-state index contributed by atoms with van der Waals surface area (Å²) in [4.78, 5) is 15.7. The van der Waals surface area contributed by atoms with Crippen LogP contribution in [0, 0.1) is 6.92 Å². The Bertz CT molecular complexity index is 1190. The lowest BCUT2D eigenvalue weighted by Crippen LogP contribution is -2.19. The molecular weight excluding hydrogens is 456 g/mol. The molecule has 4 rings (SSSR count). The number of hydrogen-bond acceptors (Lipinski definition) is 10. The molecular formula is C21H30N10S2. The molecule has 4 heterocycles. The van der Waals surface area contributed by atoms with Crippen molar-refractivity contribution in [2.24, 2.45) is 7.05 Å². The van der Waals surface area contributed by atoms with Gasteiger partial charge < -0.3 is 20.0 Å². The van der Waals surface area contributed by atoms with E-state index in [1.807, 2.05) is 56.0 Å². The maximum absolute atomic E-state index is 4.50. The highest BCUT2D eigenvalue weighted by molar-refractivity contribution is 7.12. The van der Waals surface area contributed by atoms with E-state index in [1.54, 1.807) is 11.3 Å². The molecule has 0 fully saturated rings.